The number of para-hydroxylation sites is 1. The van der Waals surface area contributed by atoms with E-state index in [2.05, 4.69) is 34.7 Å². The summed E-state index contributed by atoms with van der Waals surface area (Å²) in [6.07, 6.45) is 3.32. The molecule has 0 fully saturated rings. The van der Waals surface area contributed by atoms with Gasteiger partial charge in [-0.25, -0.2) is 19.5 Å². The molecule has 0 unspecified atom stereocenters. The van der Waals surface area contributed by atoms with Gasteiger partial charge in [-0.2, -0.15) is 0 Å². The Balaban J connectivity index is 1.31. The van der Waals surface area contributed by atoms with Crippen LogP contribution in [0.2, 0.25) is 0 Å². The second-order valence-electron chi connectivity index (χ2n) is 8.03. The van der Waals surface area contributed by atoms with E-state index in [1.165, 1.54) is 0 Å². The third-order valence-corrected chi connectivity index (χ3v) is 6.96. The first-order valence-corrected chi connectivity index (χ1v) is 11.8. The molecular formula is C25H21N7O2S. The highest BCUT2D eigenvalue weighted by molar-refractivity contribution is 7.20. The highest BCUT2D eigenvalue weighted by atomic mass is 32.1. The van der Waals surface area contributed by atoms with Crippen molar-refractivity contribution in [3.05, 3.63) is 77.5 Å². The van der Waals surface area contributed by atoms with E-state index in [0.717, 1.165) is 54.6 Å². The molecule has 0 N–H and O–H groups in total. The van der Waals surface area contributed by atoms with Gasteiger partial charge in [-0.15, -0.1) is 5.10 Å². The number of rotatable bonds is 6. The van der Waals surface area contributed by atoms with Gasteiger partial charge in [-0.1, -0.05) is 28.6 Å². The van der Waals surface area contributed by atoms with Crippen LogP contribution in [-0.2, 0) is 11.4 Å². The number of fused-ring (bicyclic) bond motifs is 4. The van der Waals surface area contributed by atoms with Gasteiger partial charge < -0.3 is 9.57 Å². The lowest BCUT2D eigenvalue weighted by Gasteiger charge is -2.02. The Morgan fingerprint density at radius 3 is 2.66 bits per heavy atom. The Hall–Kier alpha value is -4.31. The number of methoxy groups -OCH3 is 1. The lowest BCUT2D eigenvalue weighted by atomic mass is 10.2. The zero-order valence-electron chi connectivity index (χ0n) is 19.3. The van der Waals surface area contributed by atoms with Crippen LogP contribution in [0.15, 0.2) is 60.0 Å². The number of hydrogen-bond acceptors (Lipinski definition) is 8. The molecule has 0 aliphatic rings. The maximum absolute atomic E-state index is 5.45. The van der Waals surface area contributed by atoms with E-state index in [1.54, 1.807) is 35.5 Å². The third-order valence-electron chi connectivity index (χ3n) is 5.94. The number of ether oxygens (including phenoxy) is 1. The average molecular weight is 484 g/mol. The molecule has 0 radical (unpaired) electrons. The predicted octanol–water partition coefficient (Wildman–Crippen LogP) is 4.85. The van der Waals surface area contributed by atoms with Crippen LogP contribution in [0.1, 0.15) is 22.6 Å². The minimum Gasteiger partial charge on any atom is -0.497 e. The summed E-state index contributed by atoms with van der Waals surface area (Å²) < 4.78 is 10.1. The van der Waals surface area contributed by atoms with E-state index in [0.29, 0.717) is 5.82 Å². The molecule has 174 valence electrons. The van der Waals surface area contributed by atoms with Gasteiger partial charge in [-0.3, -0.25) is 4.57 Å². The molecule has 2 aromatic carbocycles. The fourth-order valence-electron chi connectivity index (χ4n) is 4.04. The third kappa shape index (κ3) is 3.68. The van der Waals surface area contributed by atoms with Crippen molar-refractivity contribution in [3.63, 3.8) is 0 Å². The lowest BCUT2D eigenvalue weighted by Crippen LogP contribution is -1.98. The Kier molecular flexibility index (Phi) is 5.14. The fourth-order valence-corrected chi connectivity index (χ4v) is 5.06. The van der Waals surface area contributed by atoms with Crippen molar-refractivity contribution in [2.24, 2.45) is 5.16 Å². The van der Waals surface area contributed by atoms with Crippen molar-refractivity contribution in [2.45, 2.75) is 20.5 Å². The molecular weight excluding hydrogens is 462 g/mol. The second-order valence-corrected chi connectivity index (χ2v) is 9.04. The molecule has 4 aromatic heterocycles. The molecule has 6 rings (SSSR count). The molecule has 6 aromatic rings. The van der Waals surface area contributed by atoms with Gasteiger partial charge >= 0.3 is 0 Å². The summed E-state index contributed by atoms with van der Waals surface area (Å²) in [6, 6.07) is 15.7. The molecule has 0 bridgehead atoms. The summed E-state index contributed by atoms with van der Waals surface area (Å²) in [5, 5.41) is 10.4. The molecule has 9 nitrogen and oxygen atoms in total. The van der Waals surface area contributed by atoms with Crippen LogP contribution < -0.4 is 4.74 Å². The number of benzene rings is 2. The monoisotopic (exact) mass is 483 g/mol. The minimum atomic E-state index is 0.145. The minimum absolute atomic E-state index is 0.145. The first-order valence-electron chi connectivity index (χ1n) is 11.0. The van der Waals surface area contributed by atoms with E-state index in [4.69, 9.17) is 24.5 Å². The summed E-state index contributed by atoms with van der Waals surface area (Å²) >= 11 is 1.64. The summed E-state index contributed by atoms with van der Waals surface area (Å²) in [5.41, 5.74) is 5.59. The van der Waals surface area contributed by atoms with Crippen LogP contribution >= 0.6 is 11.3 Å². The lowest BCUT2D eigenvalue weighted by molar-refractivity contribution is 0.126. The predicted molar refractivity (Wildman–Crippen MR) is 136 cm³/mol. The molecule has 0 spiro atoms. The SMILES string of the molecule is COc1ccc(/C=N\OCc2nc3c4c(C)c(C)n(-c5nc6ccccc6s5)c4ncn3n2)cc1. The summed E-state index contributed by atoms with van der Waals surface area (Å²) in [6.45, 7) is 4.30. The Morgan fingerprint density at radius 2 is 1.86 bits per heavy atom. The van der Waals surface area contributed by atoms with Gasteiger partial charge in [0.2, 0.25) is 0 Å². The smallest absolute Gasteiger partial charge is 0.196 e. The number of nitrogens with zero attached hydrogens (tertiary/aromatic N) is 7. The first kappa shape index (κ1) is 21.2. The summed E-state index contributed by atoms with van der Waals surface area (Å²) in [7, 11) is 1.63. The van der Waals surface area contributed by atoms with Gasteiger partial charge in [0.15, 0.2) is 28.9 Å². The van der Waals surface area contributed by atoms with E-state index in [9.17, 15) is 0 Å². The summed E-state index contributed by atoms with van der Waals surface area (Å²) in [5.74, 6) is 1.32. The van der Waals surface area contributed by atoms with Crippen molar-refractivity contribution < 1.29 is 9.57 Å². The van der Waals surface area contributed by atoms with Crippen LogP contribution in [0.5, 0.6) is 5.75 Å². The number of oxime groups is 1. The first-order chi connectivity index (χ1) is 17.1. The molecule has 10 heteroatoms. The maximum Gasteiger partial charge on any atom is 0.196 e. The van der Waals surface area contributed by atoms with Crippen LogP contribution in [-0.4, -0.2) is 42.5 Å². The normalized spacial score (nSPS) is 11.9. The van der Waals surface area contributed by atoms with Crippen molar-refractivity contribution in [2.75, 3.05) is 7.11 Å². The van der Waals surface area contributed by atoms with Crippen LogP contribution in [0, 0.1) is 13.8 Å². The molecule has 0 aliphatic heterocycles. The van der Waals surface area contributed by atoms with Gasteiger partial charge in [0.25, 0.3) is 0 Å². The highest BCUT2D eigenvalue weighted by Gasteiger charge is 2.20. The van der Waals surface area contributed by atoms with Gasteiger partial charge in [0.05, 0.1) is 28.9 Å². The van der Waals surface area contributed by atoms with E-state index >= 15 is 0 Å². The van der Waals surface area contributed by atoms with E-state index in [-0.39, 0.29) is 6.61 Å². The van der Waals surface area contributed by atoms with Gasteiger partial charge in [0.1, 0.15) is 12.1 Å². The number of hydrogen-bond donors (Lipinski definition) is 0. The topological polar surface area (TPSA) is 91.7 Å². The molecule has 0 amide bonds. The number of aromatic nitrogens is 6. The standard InChI is InChI=1S/C25H21N7O2S/c1-15-16(2)32(25-28-19-6-4-5-7-20(19)35-25)23-22(15)24-29-21(30-31(24)14-26-23)13-34-27-12-17-8-10-18(33-3)11-9-17/h4-12,14H,13H2,1-3H3/b27-12-. The van der Waals surface area contributed by atoms with Crippen molar-refractivity contribution in [1.82, 2.24) is 29.1 Å². The summed E-state index contributed by atoms with van der Waals surface area (Å²) in [4.78, 5) is 19.7. The molecule has 0 saturated heterocycles. The second kappa shape index (κ2) is 8.48. The zero-order chi connectivity index (χ0) is 23.9. The zero-order valence-corrected chi connectivity index (χ0v) is 20.2. The molecule has 0 aliphatic carbocycles. The van der Waals surface area contributed by atoms with Crippen LogP contribution in [0.4, 0.5) is 0 Å². The van der Waals surface area contributed by atoms with E-state index in [1.807, 2.05) is 42.5 Å². The molecule has 35 heavy (non-hydrogen) atoms. The van der Waals surface area contributed by atoms with E-state index < -0.39 is 0 Å². The number of aryl methyl sites for hydroxylation is 1. The van der Waals surface area contributed by atoms with Gasteiger partial charge in [0, 0.05) is 5.69 Å². The fraction of sp³-hybridized carbons (Fsp3) is 0.160. The average Bonchev–Trinajstić information content (AvgIpc) is 3.56. The maximum atomic E-state index is 5.45. The van der Waals surface area contributed by atoms with Crippen molar-refractivity contribution in [3.8, 4) is 10.9 Å². The Bertz CT molecular complexity index is 1680. The molecule has 0 saturated carbocycles. The number of thiazole rings is 1. The Labute approximate surface area is 204 Å². The van der Waals surface area contributed by atoms with Gasteiger partial charge in [-0.05, 0) is 61.4 Å². The van der Waals surface area contributed by atoms with Crippen LogP contribution in [0.25, 0.3) is 32.0 Å². The largest absolute Gasteiger partial charge is 0.497 e. The van der Waals surface area contributed by atoms with Crippen molar-refractivity contribution in [1.29, 1.82) is 0 Å². The highest BCUT2D eigenvalue weighted by Crippen LogP contribution is 2.33. The quantitative estimate of drug-likeness (QED) is 0.248. The molecule has 0 atom stereocenters. The Morgan fingerprint density at radius 1 is 1.03 bits per heavy atom. The molecule has 4 heterocycles. The van der Waals surface area contributed by atoms with Crippen molar-refractivity contribution >= 4 is 44.4 Å². The van der Waals surface area contributed by atoms with Crippen LogP contribution in [0.3, 0.4) is 0 Å².